The summed E-state index contributed by atoms with van der Waals surface area (Å²) < 4.78 is 82.0. The van der Waals surface area contributed by atoms with Crippen molar-refractivity contribution in [2.75, 3.05) is 0 Å². The summed E-state index contributed by atoms with van der Waals surface area (Å²) in [5.74, 6) is -5.64. The third-order valence-corrected chi connectivity index (χ3v) is 8.97. The molecule has 6 rings (SSSR count). The Labute approximate surface area is 333 Å². The lowest BCUT2D eigenvalue weighted by Gasteiger charge is -2.17. The first-order valence-corrected chi connectivity index (χ1v) is 17.8. The van der Waals surface area contributed by atoms with Crippen LogP contribution < -0.4 is 9.47 Å². The van der Waals surface area contributed by atoms with Gasteiger partial charge in [-0.1, -0.05) is 47.5 Å². The molecule has 0 aliphatic rings. The van der Waals surface area contributed by atoms with Gasteiger partial charge >= 0.3 is 5.97 Å². The van der Waals surface area contributed by atoms with Crippen LogP contribution in [0.25, 0.3) is 16.9 Å². The number of benzene rings is 5. The number of nitrogens with zero attached hydrogens (tertiary/aromatic N) is 1. The quantitative estimate of drug-likeness (QED) is 0.0921. The molecular formula is C43H32Cl2F5NO6. The minimum Gasteiger partial charge on any atom is -0.488 e. The fourth-order valence-electron chi connectivity index (χ4n) is 5.61. The van der Waals surface area contributed by atoms with Crippen LogP contribution in [-0.2, 0) is 18.0 Å². The van der Waals surface area contributed by atoms with Gasteiger partial charge in [0.05, 0.1) is 22.5 Å². The number of aromatic nitrogens is 1. The first-order valence-electron chi connectivity index (χ1n) is 17.1. The first-order chi connectivity index (χ1) is 27.1. The summed E-state index contributed by atoms with van der Waals surface area (Å²) in [7, 11) is 0. The highest BCUT2D eigenvalue weighted by Crippen LogP contribution is 2.37. The zero-order chi connectivity index (χ0) is 41.4. The number of rotatable bonds is 13. The Balaban J connectivity index is 0.000000230. The third kappa shape index (κ3) is 10.5. The molecule has 0 fully saturated rings. The van der Waals surface area contributed by atoms with Crippen molar-refractivity contribution in [2.24, 2.45) is 0 Å². The van der Waals surface area contributed by atoms with E-state index >= 15 is 0 Å². The molecule has 0 bridgehead atoms. The zero-order valence-electron chi connectivity index (χ0n) is 30.2. The Morgan fingerprint density at radius 2 is 1.25 bits per heavy atom. The van der Waals surface area contributed by atoms with Gasteiger partial charge in [-0.05, 0) is 92.7 Å². The number of ether oxygens (including phenoxy) is 2. The highest BCUT2D eigenvalue weighted by atomic mass is 35.5. The molecule has 14 heteroatoms. The summed E-state index contributed by atoms with van der Waals surface area (Å²) in [6.07, 6.45) is 0.143. The maximum Gasteiger partial charge on any atom is 0.335 e. The second-order valence-electron chi connectivity index (χ2n) is 12.6. The second kappa shape index (κ2) is 18.8. The van der Waals surface area contributed by atoms with Crippen LogP contribution in [0.3, 0.4) is 0 Å². The maximum atomic E-state index is 14.8. The number of aromatic carboxylic acids is 1. The second-order valence-corrected chi connectivity index (χ2v) is 13.4. The lowest BCUT2D eigenvalue weighted by molar-refractivity contribution is -0.117. The molecular weight excluding hydrogens is 792 g/mol. The fourth-order valence-corrected chi connectivity index (χ4v) is 5.96. The minimum absolute atomic E-state index is 0.0281. The van der Waals surface area contributed by atoms with E-state index in [1.54, 1.807) is 41.8 Å². The van der Waals surface area contributed by atoms with Crippen molar-refractivity contribution < 1.29 is 50.9 Å². The Kier molecular flexibility index (Phi) is 13.9. The van der Waals surface area contributed by atoms with Crippen molar-refractivity contribution in [1.82, 2.24) is 4.57 Å². The molecule has 57 heavy (non-hydrogen) atoms. The number of Topliss-reactive ketones (excluding diaryl/α,β-unsaturated/α-hetero) is 2. The zero-order valence-corrected chi connectivity index (χ0v) is 31.7. The van der Waals surface area contributed by atoms with Crippen LogP contribution in [0, 0.1) is 36.0 Å². The van der Waals surface area contributed by atoms with Gasteiger partial charge in [0.15, 0.2) is 29.1 Å². The van der Waals surface area contributed by atoms with Gasteiger partial charge in [-0.3, -0.25) is 4.79 Å². The molecule has 0 amide bonds. The number of carbonyl (C=O) groups is 3. The number of carbonyl (C=O) groups excluding carboxylic acids is 2. The summed E-state index contributed by atoms with van der Waals surface area (Å²) in [6, 6.07) is 23.7. The van der Waals surface area contributed by atoms with Gasteiger partial charge < -0.3 is 23.9 Å². The van der Waals surface area contributed by atoms with Gasteiger partial charge in [-0.25, -0.2) is 26.7 Å². The van der Waals surface area contributed by atoms with E-state index in [0.29, 0.717) is 32.7 Å². The molecule has 1 aromatic heterocycles. The molecule has 6 aromatic rings. The molecule has 1 N–H and O–H groups in total. The van der Waals surface area contributed by atoms with Crippen LogP contribution in [0.2, 0.25) is 10.0 Å². The highest BCUT2D eigenvalue weighted by molar-refractivity contribution is 6.31. The third-order valence-electron chi connectivity index (χ3n) is 8.50. The largest absolute Gasteiger partial charge is 0.488 e. The molecule has 294 valence electrons. The summed E-state index contributed by atoms with van der Waals surface area (Å²) >= 11 is 12.1. The number of aryl methyl sites for hydroxylation is 1. The molecule has 0 unspecified atom stereocenters. The van der Waals surface area contributed by atoms with E-state index in [9.17, 15) is 41.4 Å². The van der Waals surface area contributed by atoms with Crippen molar-refractivity contribution in [1.29, 1.82) is 0 Å². The van der Waals surface area contributed by atoms with Crippen LogP contribution in [0.1, 0.15) is 57.3 Å². The lowest BCUT2D eigenvalue weighted by atomic mass is 10.0. The minimum atomic E-state index is -1.19. The topological polar surface area (TPSA) is 94.8 Å². The molecule has 7 nitrogen and oxygen atoms in total. The van der Waals surface area contributed by atoms with Gasteiger partial charge in [0.1, 0.15) is 36.3 Å². The van der Waals surface area contributed by atoms with Crippen molar-refractivity contribution in [3.05, 3.63) is 170 Å². The average Bonchev–Trinajstić information content (AvgIpc) is 3.56. The van der Waals surface area contributed by atoms with E-state index in [0.717, 1.165) is 18.2 Å². The van der Waals surface area contributed by atoms with E-state index in [4.69, 9.17) is 32.7 Å². The smallest absolute Gasteiger partial charge is 0.335 e. The summed E-state index contributed by atoms with van der Waals surface area (Å²) in [5, 5.41) is 10.0. The normalized spacial score (nSPS) is 10.8. The van der Waals surface area contributed by atoms with Crippen LogP contribution in [0.5, 0.6) is 11.5 Å². The number of carboxylic acids is 1. The SMILES string of the molecule is CC(=O)CCC(=O)c1cc(Cl)ccc1OCc1cccc(F)c1F.Cc1ccc(-c2cc(Cl)ccc2OCc2cccc(F)c2F)n1-c1cc(C(=O)O)ccc1F. The predicted molar refractivity (Wildman–Crippen MR) is 205 cm³/mol. The monoisotopic (exact) mass is 823 g/mol. The van der Waals surface area contributed by atoms with E-state index in [1.165, 1.54) is 61.5 Å². The molecule has 5 aromatic carbocycles. The van der Waals surface area contributed by atoms with Gasteiger partial charge in [0, 0.05) is 45.3 Å². The van der Waals surface area contributed by atoms with E-state index in [2.05, 4.69) is 0 Å². The van der Waals surface area contributed by atoms with Crippen LogP contribution >= 0.6 is 23.2 Å². The Morgan fingerprint density at radius 3 is 1.84 bits per heavy atom. The van der Waals surface area contributed by atoms with Gasteiger partial charge in [0.2, 0.25) is 0 Å². The molecule has 0 spiro atoms. The fraction of sp³-hybridized carbons (Fsp3) is 0.140. The van der Waals surface area contributed by atoms with Crippen molar-refractivity contribution in [2.45, 2.75) is 39.9 Å². The maximum absolute atomic E-state index is 14.8. The van der Waals surface area contributed by atoms with E-state index < -0.39 is 35.1 Å². The Morgan fingerprint density at radius 1 is 0.667 bits per heavy atom. The average molecular weight is 825 g/mol. The highest BCUT2D eigenvalue weighted by Gasteiger charge is 2.20. The number of ketones is 2. The van der Waals surface area contributed by atoms with Gasteiger partial charge in [-0.15, -0.1) is 0 Å². The molecule has 1 heterocycles. The van der Waals surface area contributed by atoms with Crippen LogP contribution in [-0.4, -0.2) is 27.2 Å². The van der Waals surface area contributed by atoms with Crippen LogP contribution in [0.15, 0.2) is 103 Å². The number of halogens is 7. The van der Waals surface area contributed by atoms with Gasteiger partial charge in [-0.2, -0.15) is 0 Å². The summed E-state index contributed by atoms with van der Waals surface area (Å²) in [4.78, 5) is 34.7. The molecule has 0 saturated heterocycles. The standard InChI is InChI=1S/C25H17ClF3NO3.C18H15ClF2O3/c1-14-5-9-21(30(14)22-11-15(25(31)32)6-8-19(22)27)18-12-17(26)7-10-23(18)33-13-16-3-2-4-20(28)24(16)29;1-11(22)5-7-16(23)14-9-13(19)6-8-17(14)24-10-12-3-2-4-15(20)18(12)21/h2-12H,13H2,1H3,(H,31,32);2-4,6,8-9H,5,7,10H2,1H3. The van der Waals surface area contributed by atoms with Gasteiger partial charge in [0.25, 0.3) is 0 Å². The van der Waals surface area contributed by atoms with Crippen molar-refractivity contribution >= 4 is 40.7 Å². The number of hydrogen-bond acceptors (Lipinski definition) is 5. The molecule has 0 atom stereocenters. The molecule has 0 radical (unpaired) electrons. The van der Waals surface area contributed by atoms with E-state index in [1.807, 2.05) is 0 Å². The van der Waals surface area contributed by atoms with E-state index in [-0.39, 0.29) is 71.3 Å². The van der Waals surface area contributed by atoms with Crippen molar-refractivity contribution in [3.63, 3.8) is 0 Å². The van der Waals surface area contributed by atoms with Crippen molar-refractivity contribution in [3.8, 4) is 28.4 Å². The molecule has 0 saturated carbocycles. The Hall–Kier alpha value is -5.98. The number of carboxylic acid groups (broad SMARTS) is 1. The first kappa shape index (κ1) is 42.2. The summed E-state index contributed by atoms with van der Waals surface area (Å²) in [6.45, 7) is 2.65. The summed E-state index contributed by atoms with van der Waals surface area (Å²) in [5.41, 5.74) is 1.81. The molecule has 0 aliphatic heterocycles. The number of hydrogen-bond donors (Lipinski definition) is 1. The predicted octanol–water partition coefficient (Wildman–Crippen LogP) is 11.5. The lowest BCUT2D eigenvalue weighted by Crippen LogP contribution is -2.07. The Bertz CT molecular complexity index is 2470. The molecule has 0 aliphatic carbocycles. The van der Waals surface area contributed by atoms with Crippen LogP contribution in [0.4, 0.5) is 22.0 Å².